The average molecular weight is 372 g/mol. The lowest BCUT2D eigenvalue weighted by molar-refractivity contribution is 0.264. The van der Waals surface area contributed by atoms with Crippen molar-refractivity contribution in [1.29, 1.82) is 0 Å². The number of benzene rings is 1. The van der Waals surface area contributed by atoms with Crippen molar-refractivity contribution in [2.24, 2.45) is 0 Å². The highest BCUT2D eigenvalue weighted by atomic mass is 15.2. The van der Waals surface area contributed by atoms with E-state index in [4.69, 9.17) is 4.98 Å². The topological polar surface area (TPSA) is 53.1 Å². The monoisotopic (exact) mass is 371 g/mol. The fourth-order valence-electron chi connectivity index (χ4n) is 3.36. The highest BCUT2D eigenvalue weighted by Gasteiger charge is 2.18. The van der Waals surface area contributed by atoms with Crippen LogP contribution in [0.5, 0.6) is 0 Å². The zero-order valence-electron chi connectivity index (χ0n) is 17.6. The van der Waals surface area contributed by atoms with E-state index in [1.165, 1.54) is 25.7 Å². The van der Waals surface area contributed by atoms with Gasteiger partial charge in [0.25, 0.3) is 0 Å². The third-order valence-corrected chi connectivity index (χ3v) is 4.98. The van der Waals surface area contributed by atoms with Crippen LogP contribution in [-0.4, -0.2) is 47.6 Å². The molecule has 1 aliphatic heterocycles. The summed E-state index contributed by atoms with van der Waals surface area (Å²) in [6.45, 7) is 9.46. The first-order chi connectivity index (χ1) is 13.3. The number of para-hydroxylation sites is 1. The maximum atomic E-state index is 4.78. The van der Waals surface area contributed by atoms with E-state index in [1.807, 2.05) is 19.9 Å². The molecule has 5 heteroatoms. The number of nitrogens with one attached hydrogen (secondary N) is 2. The maximum absolute atomic E-state index is 4.78. The average Bonchev–Trinajstić information content (AvgIpc) is 2.71. The minimum Gasteiger partial charge on any atom is -0.367 e. The number of likely N-dealkylation sites (tertiary alicyclic amines) is 1. The van der Waals surface area contributed by atoms with Crippen molar-refractivity contribution in [2.75, 3.05) is 37.3 Å². The summed E-state index contributed by atoms with van der Waals surface area (Å²) in [7, 11) is 2.19. The fraction of sp³-hybridized carbons (Fsp3) is 0.636. The van der Waals surface area contributed by atoms with Crippen LogP contribution in [0.15, 0.2) is 24.3 Å². The second kappa shape index (κ2) is 11.8. The van der Waals surface area contributed by atoms with Gasteiger partial charge >= 0.3 is 0 Å². The van der Waals surface area contributed by atoms with Crippen molar-refractivity contribution in [2.45, 2.75) is 65.3 Å². The first-order valence-electron chi connectivity index (χ1n) is 10.7. The minimum absolute atomic E-state index is 0.493. The largest absolute Gasteiger partial charge is 0.367 e. The van der Waals surface area contributed by atoms with Gasteiger partial charge in [0.15, 0.2) is 0 Å². The number of fused-ring (bicyclic) bond motifs is 1. The van der Waals surface area contributed by atoms with Gasteiger partial charge in [-0.3, -0.25) is 0 Å². The van der Waals surface area contributed by atoms with Crippen LogP contribution >= 0.6 is 0 Å². The summed E-state index contributed by atoms with van der Waals surface area (Å²) < 4.78 is 0. The van der Waals surface area contributed by atoms with Gasteiger partial charge in [0.05, 0.1) is 5.52 Å². The molecule has 1 aromatic carbocycles. The molecular weight excluding hydrogens is 334 g/mol. The SMILES string of the molecule is CC.CCCCCCNc1nc(NC2CCN(C)CC2)c2ccccc2n1. The molecule has 27 heavy (non-hydrogen) atoms. The summed E-state index contributed by atoms with van der Waals surface area (Å²) >= 11 is 0. The Morgan fingerprint density at radius 1 is 1.04 bits per heavy atom. The van der Waals surface area contributed by atoms with Crippen LogP contribution in [0.4, 0.5) is 11.8 Å². The predicted octanol–water partition coefficient (Wildman–Crippen LogP) is 5.15. The van der Waals surface area contributed by atoms with Gasteiger partial charge in [0, 0.05) is 18.0 Å². The van der Waals surface area contributed by atoms with Crippen LogP contribution in [0.3, 0.4) is 0 Å². The zero-order chi connectivity index (χ0) is 19.5. The van der Waals surface area contributed by atoms with Crippen LogP contribution in [0, 0.1) is 0 Å². The van der Waals surface area contributed by atoms with Crippen LogP contribution in [-0.2, 0) is 0 Å². The second-order valence-corrected chi connectivity index (χ2v) is 7.12. The Balaban J connectivity index is 0.00000126. The Morgan fingerprint density at radius 2 is 1.78 bits per heavy atom. The fourth-order valence-corrected chi connectivity index (χ4v) is 3.36. The lowest BCUT2D eigenvalue weighted by Gasteiger charge is -2.30. The first kappa shape index (κ1) is 21.4. The molecule has 150 valence electrons. The third kappa shape index (κ3) is 6.65. The number of nitrogens with zero attached hydrogens (tertiary/aromatic N) is 3. The molecule has 0 saturated carbocycles. The van der Waals surface area contributed by atoms with Crippen molar-refractivity contribution in [3.05, 3.63) is 24.3 Å². The van der Waals surface area contributed by atoms with E-state index >= 15 is 0 Å². The molecule has 0 bridgehead atoms. The lowest BCUT2D eigenvalue weighted by atomic mass is 10.1. The van der Waals surface area contributed by atoms with Crippen molar-refractivity contribution in [3.8, 4) is 0 Å². The maximum Gasteiger partial charge on any atom is 0.225 e. The molecule has 3 rings (SSSR count). The molecule has 5 nitrogen and oxygen atoms in total. The molecule has 0 amide bonds. The normalized spacial score (nSPS) is 15.3. The quantitative estimate of drug-likeness (QED) is 0.628. The molecule has 1 fully saturated rings. The smallest absolute Gasteiger partial charge is 0.225 e. The summed E-state index contributed by atoms with van der Waals surface area (Å²) in [6.07, 6.45) is 7.31. The molecule has 0 radical (unpaired) electrons. The molecular formula is C22H37N5. The van der Waals surface area contributed by atoms with E-state index in [9.17, 15) is 0 Å². The second-order valence-electron chi connectivity index (χ2n) is 7.12. The van der Waals surface area contributed by atoms with E-state index in [0.29, 0.717) is 6.04 Å². The van der Waals surface area contributed by atoms with Crippen LogP contribution < -0.4 is 10.6 Å². The van der Waals surface area contributed by atoms with Crippen LogP contribution in [0.2, 0.25) is 0 Å². The van der Waals surface area contributed by atoms with E-state index in [1.54, 1.807) is 0 Å². The zero-order valence-corrected chi connectivity index (χ0v) is 17.6. The first-order valence-corrected chi connectivity index (χ1v) is 10.7. The number of rotatable bonds is 8. The Labute approximate surface area is 165 Å². The number of piperidine rings is 1. The van der Waals surface area contributed by atoms with E-state index in [0.717, 1.165) is 55.1 Å². The molecule has 0 spiro atoms. The predicted molar refractivity (Wildman–Crippen MR) is 118 cm³/mol. The van der Waals surface area contributed by atoms with Crippen LogP contribution in [0.1, 0.15) is 59.3 Å². The number of unbranched alkanes of at least 4 members (excludes halogenated alkanes) is 3. The summed E-state index contributed by atoms with van der Waals surface area (Å²) in [6, 6.07) is 8.77. The van der Waals surface area contributed by atoms with Crippen molar-refractivity contribution >= 4 is 22.7 Å². The van der Waals surface area contributed by atoms with E-state index in [-0.39, 0.29) is 0 Å². The Kier molecular flexibility index (Phi) is 9.32. The van der Waals surface area contributed by atoms with Crippen molar-refractivity contribution in [3.63, 3.8) is 0 Å². The van der Waals surface area contributed by atoms with Gasteiger partial charge < -0.3 is 15.5 Å². The molecule has 2 aromatic rings. The summed E-state index contributed by atoms with van der Waals surface area (Å²) in [5, 5.41) is 8.20. The summed E-state index contributed by atoms with van der Waals surface area (Å²) in [5.41, 5.74) is 1.00. The Morgan fingerprint density at radius 3 is 2.52 bits per heavy atom. The van der Waals surface area contributed by atoms with Gasteiger partial charge in [0.2, 0.25) is 5.95 Å². The molecule has 2 heterocycles. The van der Waals surface area contributed by atoms with Gasteiger partial charge in [-0.15, -0.1) is 0 Å². The molecule has 1 aromatic heterocycles. The molecule has 1 saturated heterocycles. The minimum atomic E-state index is 0.493. The molecule has 2 N–H and O–H groups in total. The molecule has 0 atom stereocenters. The highest BCUT2D eigenvalue weighted by Crippen LogP contribution is 2.24. The molecule has 1 aliphatic rings. The van der Waals surface area contributed by atoms with Gasteiger partial charge in [0.1, 0.15) is 5.82 Å². The highest BCUT2D eigenvalue weighted by molar-refractivity contribution is 5.90. The standard InChI is InChI=1S/C20H31N5.C2H6/c1-3-4-5-8-13-21-20-23-18-10-7-6-9-17(18)19(24-20)22-16-11-14-25(2)15-12-16;1-2/h6-7,9-10,16H,3-5,8,11-15H2,1-2H3,(H2,21,22,23,24);1-2H3. The van der Waals surface area contributed by atoms with Crippen molar-refractivity contribution in [1.82, 2.24) is 14.9 Å². The molecule has 0 unspecified atom stereocenters. The Bertz CT molecular complexity index is 665. The summed E-state index contributed by atoms with van der Waals surface area (Å²) in [4.78, 5) is 11.9. The van der Waals surface area contributed by atoms with Crippen LogP contribution in [0.25, 0.3) is 10.9 Å². The van der Waals surface area contributed by atoms with Gasteiger partial charge in [-0.25, -0.2) is 4.98 Å². The molecule has 0 aliphatic carbocycles. The van der Waals surface area contributed by atoms with Gasteiger partial charge in [-0.05, 0) is 51.5 Å². The number of anilines is 2. The van der Waals surface area contributed by atoms with Gasteiger partial charge in [-0.2, -0.15) is 4.98 Å². The summed E-state index contributed by atoms with van der Waals surface area (Å²) in [5.74, 6) is 1.71. The van der Waals surface area contributed by atoms with Crippen molar-refractivity contribution < 1.29 is 0 Å². The van der Waals surface area contributed by atoms with E-state index in [2.05, 4.69) is 52.7 Å². The Hall–Kier alpha value is -1.88. The number of hydrogen-bond donors (Lipinski definition) is 2. The lowest BCUT2D eigenvalue weighted by Crippen LogP contribution is -2.37. The number of hydrogen-bond acceptors (Lipinski definition) is 5. The third-order valence-electron chi connectivity index (χ3n) is 4.98. The number of aromatic nitrogens is 2. The van der Waals surface area contributed by atoms with E-state index < -0.39 is 0 Å². The van der Waals surface area contributed by atoms with Gasteiger partial charge in [-0.1, -0.05) is 52.2 Å².